The normalized spacial score (nSPS) is 10.3. The van der Waals surface area contributed by atoms with Gasteiger partial charge in [-0.3, -0.25) is 0 Å². The molecular formula is C16H18BrNO. The predicted octanol–water partition coefficient (Wildman–Crippen LogP) is 4.69. The van der Waals surface area contributed by atoms with E-state index in [2.05, 4.69) is 65.4 Å². The van der Waals surface area contributed by atoms with Gasteiger partial charge in [-0.05, 0) is 37.1 Å². The molecule has 0 spiro atoms. The van der Waals surface area contributed by atoms with Crippen LogP contribution in [0.3, 0.4) is 0 Å². The molecule has 2 aromatic carbocycles. The average Bonchev–Trinajstić information content (AvgIpc) is 2.39. The van der Waals surface area contributed by atoms with Crippen molar-refractivity contribution in [2.75, 3.05) is 12.4 Å². The quantitative estimate of drug-likeness (QED) is 0.883. The van der Waals surface area contributed by atoms with E-state index in [9.17, 15) is 0 Å². The van der Waals surface area contributed by atoms with Crippen LogP contribution in [-0.4, -0.2) is 7.11 Å². The van der Waals surface area contributed by atoms with Gasteiger partial charge in [-0.1, -0.05) is 45.8 Å². The fourth-order valence-electron chi connectivity index (χ4n) is 2.00. The minimum atomic E-state index is 0.791. The summed E-state index contributed by atoms with van der Waals surface area (Å²) >= 11 is 3.48. The molecule has 0 amide bonds. The Morgan fingerprint density at radius 2 is 1.79 bits per heavy atom. The van der Waals surface area contributed by atoms with Crippen molar-refractivity contribution >= 4 is 21.6 Å². The van der Waals surface area contributed by atoms with Gasteiger partial charge in [0.2, 0.25) is 0 Å². The summed E-state index contributed by atoms with van der Waals surface area (Å²) in [6.07, 6.45) is 0. The third-order valence-corrected chi connectivity index (χ3v) is 3.53. The summed E-state index contributed by atoms with van der Waals surface area (Å²) in [6.45, 7) is 4.96. The summed E-state index contributed by atoms with van der Waals surface area (Å²) in [5.74, 6) is 0.860. The summed E-state index contributed by atoms with van der Waals surface area (Å²) in [5, 5.41) is 3.45. The first kappa shape index (κ1) is 13.9. The third-order valence-electron chi connectivity index (χ3n) is 3.07. The molecular weight excluding hydrogens is 302 g/mol. The monoisotopic (exact) mass is 319 g/mol. The highest BCUT2D eigenvalue weighted by atomic mass is 79.9. The second kappa shape index (κ2) is 6.11. The highest BCUT2D eigenvalue weighted by Crippen LogP contribution is 2.32. The minimum absolute atomic E-state index is 0.791. The van der Waals surface area contributed by atoms with E-state index >= 15 is 0 Å². The smallest absolute Gasteiger partial charge is 0.143 e. The molecule has 0 saturated carbocycles. The zero-order valence-corrected chi connectivity index (χ0v) is 13.0. The molecule has 0 saturated heterocycles. The Bertz CT molecular complexity index is 564. The highest BCUT2D eigenvalue weighted by Gasteiger charge is 2.07. The van der Waals surface area contributed by atoms with E-state index in [4.69, 9.17) is 4.74 Å². The maximum absolute atomic E-state index is 5.42. The van der Waals surface area contributed by atoms with Gasteiger partial charge in [0, 0.05) is 11.0 Å². The van der Waals surface area contributed by atoms with Gasteiger partial charge in [-0.2, -0.15) is 0 Å². The summed E-state index contributed by atoms with van der Waals surface area (Å²) < 4.78 is 6.45. The van der Waals surface area contributed by atoms with Crippen molar-refractivity contribution in [2.45, 2.75) is 20.4 Å². The van der Waals surface area contributed by atoms with Crippen molar-refractivity contribution in [1.82, 2.24) is 0 Å². The van der Waals surface area contributed by atoms with Crippen LogP contribution in [0.1, 0.15) is 16.7 Å². The number of benzene rings is 2. The van der Waals surface area contributed by atoms with Gasteiger partial charge < -0.3 is 10.1 Å². The SMILES string of the molecule is COc1cc(Br)cc(C)c1NCc1ccc(C)cc1. The standard InChI is InChI=1S/C16H18BrNO/c1-11-4-6-13(7-5-11)10-18-16-12(2)8-14(17)9-15(16)19-3/h4-9,18H,10H2,1-3H3. The molecule has 0 aliphatic rings. The fourth-order valence-corrected chi connectivity index (χ4v) is 2.55. The second-order valence-electron chi connectivity index (χ2n) is 4.64. The van der Waals surface area contributed by atoms with Gasteiger partial charge >= 0.3 is 0 Å². The van der Waals surface area contributed by atoms with Crippen LogP contribution in [0.4, 0.5) is 5.69 Å². The molecule has 1 N–H and O–H groups in total. The Labute approximate surface area is 122 Å². The molecule has 0 aromatic heterocycles. The minimum Gasteiger partial charge on any atom is -0.495 e. The molecule has 0 aliphatic carbocycles. The molecule has 0 atom stereocenters. The predicted molar refractivity (Wildman–Crippen MR) is 83.9 cm³/mol. The molecule has 0 fully saturated rings. The van der Waals surface area contributed by atoms with Crippen LogP contribution in [0.15, 0.2) is 40.9 Å². The van der Waals surface area contributed by atoms with E-state index in [1.165, 1.54) is 16.7 Å². The number of hydrogen-bond acceptors (Lipinski definition) is 2. The first-order valence-corrected chi connectivity index (χ1v) is 7.03. The lowest BCUT2D eigenvalue weighted by Gasteiger charge is -2.14. The van der Waals surface area contributed by atoms with E-state index in [-0.39, 0.29) is 0 Å². The second-order valence-corrected chi connectivity index (χ2v) is 5.55. The number of halogens is 1. The Hall–Kier alpha value is -1.48. The van der Waals surface area contributed by atoms with Gasteiger partial charge in [0.05, 0.1) is 12.8 Å². The van der Waals surface area contributed by atoms with Crippen molar-refractivity contribution in [1.29, 1.82) is 0 Å². The average molecular weight is 320 g/mol. The van der Waals surface area contributed by atoms with Crippen LogP contribution in [0.5, 0.6) is 5.75 Å². The van der Waals surface area contributed by atoms with Gasteiger partial charge in [0.15, 0.2) is 0 Å². The van der Waals surface area contributed by atoms with E-state index < -0.39 is 0 Å². The summed E-state index contributed by atoms with van der Waals surface area (Å²) in [5.41, 5.74) is 4.75. The molecule has 3 heteroatoms. The number of anilines is 1. The van der Waals surface area contributed by atoms with Crippen molar-refractivity contribution in [3.8, 4) is 5.75 Å². The lowest BCUT2D eigenvalue weighted by molar-refractivity contribution is 0.416. The van der Waals surface area contributed by atoms with Crippen LogP contribution >= 0.6 is 15.9 Å². The van der Waals surface area contributed by atoms with E-state index in [0.29, 0.717) is 0 Å². The molecule has 19 heavy (non-hydrogen) atoms. The van der Waals surface area contributed by atoms with Crippen molar-refractivity contribution in [2.24, 2.45) is 0 Å². The first-order valence-electron chi connectivity index (χ1n) is 6.23. The molecule has 2 nitrogen and oxygen atoms in total. The lowest BCUT2D eigenvalue weighted by Crippen LogP contribution is -2.03. The zero-order chi connectivity index (χ0) is 13.8. The van der Waals surface area contributed by atoms with Crippen molar-refractivity contribution < 1.29 is 4.74 Å². The Morgan fingerprint density at radius 3 is 2.42 bits per heavy atom. The lowest BCUT2D eigenvalue weighted by atomic mass is 10.1. The van der Waals surface area contributed by atoms with Crippen LogP contribution in [-0.2, 0) is 6.54 Å². The number of rotatable bonds is 4. The van der Waals surface area contributed by atoms with Gasteiger partial charge in [-0.15, -0.1) is 0 Å². The van der Waals surface area contributed by atoms with Crippen LogP contribution < -0.4 is 10.1 Å². The molecule has 0 unspecified atom stereocenters. The van der Waals surface area contributed by atoms with Gasteiger partial charge in [-0.25, -0.2) is 0 Å². The third kappa shape index (κ3) is 3.51. The van der Waals surface area contributed by atoms with Crippen molar-refractivity contribution in [3.05, 3.63) is 57.6 Å². The molecule has 0 aliphatic heterocycles. The largest absolute Gasteiger partial charge is 0.495 e. The maximum atomic E-state index is 5.42. The number of methoxy groups -OCH3 is 1. The molecule has 0 radical (unpaired) electrons. The van der Waals surface area contributed by atoms with Crippen LogP contribution in [0.25, 0.3) is 0 Å². The maximum Gasteiger partial charge on any atom is 0.143 e. The van der Waals surface area contributed by atoms with Crippen LogP contribution in [0, 0.1) is 13.8 Å². The zero-order valence-electron chi connectivity index (χ0n) is 11.5. The number of nitrogens with one attached hydrogen (secondary N) is 1. The number of hydrogen-bond donors (Lipinski definition) is 1. The van der Waals surface area contributed by atoms with E-state index in [1.54, 1.807) is 7.11 Å². The Morgan fingerprint density at radius 1 is 1.11 bits per heavy atom. The molecule has 0 heterocycles. The van der Waals surface area contributed by atoms with Crippen LogP contribution in [0.2, 0.25) is 0 Å². The van der Waals surface area contributed by atoms with Gasteiger partial charge in [0.1, 0.15) is 5.75 Å². The number of ether oxygens (including phenoxy) is 1. The molecule has 2 aromatic rings. The summed E-state index contributed by atoms with van der Waals surface area (Å²) in [4.78, 5) is 0. The topological polar surface area (TPSA) is 21.3 Å². The van der Waals surface area contributed by atoms with Crippen molar-refractivity contribution in [3.63, 3.8) is 0 Å². The summed E-state index contributed by atoms with van der Waals surface area (Å²) in [6, 6.07) is 12.6. The first-order chi connectivity index (χ1) is 9.10. The summed E-state index contributed by atoms with van der Waals surface area (Å²) in [7, 11) is 1.69. The molecule has 100 valence electrons. The Balaban J connectivity index is 2.17. The highest BCUT2D eigenvalue weighted by molar-refractivity contribution is 9.10. The van der Waals surface area contributed by atoms with E-state index in [0.717, 1.165) is 22.5 Å². The fraction of sp³-hybridized carbons (Fsp3) is 0.250. The number of aryl methyl sites for hydroxylation is 2. The molecule has 2 rings (SSSR count). The Kier molecular flexibility index (Phi) is 4.48. The van der Waals surface area contributed by atoms with E-state index in [1.807, 2.05) is 6.07 Å². The van der Waals surface area contributed by atoms with Gasteiger partial charge in [0.25, 0.3) is 0 Å². The molecule has 0 bridgehead atoms.